The van der Waals surface area contributed by atoms with Crippen LogP contribution in [-0.4, -0.2) is 0 Å². The van der Waals surface area contributed by atoms with E-state index in [1.165, 1.54) is 11.9 Å². The van der Waals surface area contributed by atoms with Crippen molar-refractivity contribution >= 4 is 11.9 Å². The Balaban J connectivity index is 2.63. The summed E-state index contributed by atoms with van der Waals surface area (Å²) in [6.07, 6.45) is 5.37. The predicted octanol–water partition coefficient (Wildman–Crippen LogP) is 1.62. The monoisotopic (exact) mass is 127 g/mol. The maximum absolute atomic E-state index is 6.56. The first-order chi connectivity index (χ1) is 3.93. The first kappa shape index (κ1) is 5.37. The van der Waals surface area contributed by atoms with Crippen LogP contribution in [0.1, 0.15) is 0 Å². The molecule has 0 saturated carbocycles. The van der Waals surface area contributed by atoms with Gasteiger partial charge in [-0.2, -0.15) is 5.11 Å². The van der Waals surface area contributed by atoms with Gasteiger partial charge in [-0.3, -0.25) is 0 Å². The summed E-state index contributed by atoms with van der Waals surface area (Å²) in [5.74, 6) is 0. The minimum absolute atomic E-state index is 0.688. The van der Waals surface area contributed by atoms with Gasteiger partial charge >= 0.3 is 0 Å². The van der Waals surface area contributed by atoms with E-state index in [4.69, 9.17) is 5.53 Å². The molecule has 4 heteroatoms. The summed E-state index contributed by atoms with van der Waals surface area (Å²) >= 11 is 1.33. The van der Waals surface area contributed by atoms with Gasteiger partial charge in [0.1, 0.15) is 5.03 Å². The maximum atomic E-state index is 6.56. The molecule has 0 aromatic heterocycles. The van der Waals surface area contributed by atoms with Crippen LogP contribution in [0.25, 0.3) is 0 Å². The summed E-state index contributed by atoms with van der Waals surface area (Å²) in [5, 5.41) is 3.90. The molecule has 0 atom stereocenters. The van der Waals surface area contributed by atoms with Crippen molar-refractivity contribution < 1.29 is 0 Å². The fourth-order valence-corrected chi connectivity index (χ4v) is 0.818. The molecule has 3 nitrogen and oxygen atoms in total. The highest BCUT2D eigenvalue weighted by atomic mass is 32.2. The molecule has 0 radical (unpaired) electrons. The minimum atomic E-state index is 0.688. The molecule has 0 aromatic carbocycles. The molecule has 0 spiro atoms. The molecule has 1 aliphatic heterocycles. The molecule has 2 N–H and O–H groups in total. The fourth-order valence-electron chi connectivity index (χ4n) is 0.358. The number of rotatable bonds is 1. The molecule has 1 rings (SSSR count). The van der Waals surface area contributed by atoms with Crippen LogP contribution in [0.15, 0.2) is 28.5 Å². The summed E-state index contributed by atoms with van der Waals surface area (Å²) < 4.78 is 2.84. The maximum Gasteiger partial charge on any atom is 0.138 e. The van der Waals surface area contributed by atoms with Gasteiger partial charge in [0.2, 0.25) is 0 Å². The van der Waals surface area contributed by atoms with E-state index in [1.807, 2.05) is 6.08 Å². The highest BCUT2D eigenvalue weighted by Crippen LogP contribution is 2.15. The molecule has 1 heterocycles. The smallest absolute Gasteiger partial charge is 0.138 e. The Morgan fingerprint density at radius 2 is 2.62 bits per heavy atom. The second kappa shape index (κ2) is 2.52. The second-order valence-corrected chi connectivity index (χ2v) is 2.05. The Kier molecular flexibility index (Phi) is 1.69. The van der Waals surface area contributed by atoms with Crippen LogP contribution in [0.4, 0.5) is 0 Å². The van der Waals surface area contributed by atoms with Crippen molar-refractivity contribution in [3.05, 3.63) is 23.4 Å². The SMILES string of the molecule is N=NC1=CC=CNS1. The fraction of sp³-hybridized carbons (Fsp3) is 0. The lowest BCUT2D eigenvalue weighted by molar-refractivity contribution is 1.12. The molecule has 0 saturated heterocycles. The van der Waals surface area contributed by atoms with Crippen molar-refractivity contribution in [3.63, 3.8) is 0 Å². The van der Waals surface area contributed by atoms with Gasteiger partial charge in [0.15, 0.2) is 0 Å². The topological polar surface area (TPSA) is 48.2 Å². The number of nitrogens with one attached hydrogen (secondary N) is 2. The zero-order valence-electron chi connectivity index (χ0n) is 4.09. The van der Waals surface area contributed by atoms with Crippen molar-refractivity contribution in [1.29, 1.82) is 5.53 Å². The van der Waals surface area contributed by atoms with Crippen LogP contribution in [0.3, 0.4) is 0 Å². The lowest BCUT2D eigenvalue weighted by atomic mass is 10.6. The van der Waals surface area contributed by atoms with Crippen molar-refractivity contribution in [2.45, 2.75) is 0 Å². The third kappa shape index (κ3) is 1.10. The third-order valence-electron chi connectivity index (χ3n) is 0.677. The van der Waals surface area contributed by atoms with E-state index < -0.39 is 0 Å². The van der Waals surface area contributed by atoms with E-state index in [1.54, 1.807) is 12.3 Å². The van der Waals surface area contributed by atoms with Crippen molar-refractivity contribution in [3.8, 4) is 0 Å². The average Bonchev–Trinajstić information content (AvgIpc) is 1.90. The molecule has 0 bridgehead atoms. The van der Waals surface area contributed by atoms with Gasteiger partial charge in [0, 0.05) is 18.1 Å². The van der Waals surface area contributed by atoms with Gasteiger partial charge in [-0.1, -0.05) is 0 Å². The summed E-state index contributed by atoms with van der Waals surface area (Å²) in [6.45, 7) is 0. The molecule has 1 aliphatic rings. The normalized spacial score (nSPS) is 16.8. The summed E-state index contributed by atoms with van der Waals surface area (Å²) in [5.41, 5.74) is 6.56. The number of allylic oxidation sites excluding steroid dienone is 2. The van der Waals surface area contributed by atoms with E-state index in [2.05, 4.69) is 9.84 Å². The molecule has 0 aromatic rings. The minimum Gasteiger partial charge on any atom is -0.331 e. The summed E-state index contributed by atoms with van der Waals surface area (Å²) in [6, 6.07) is 0. The zero-order valence-corrected chi connectivity index (χ0v) is 4.90. The Hall–Kier alpha value is -0.770. The molecule has 0 fully saturated rings. The Morgan fingerprint density at radius 3 is 3.00 bits per heavy atom. The first-order valence-electron chi connectivity index (χ1n) is 2.10. The summed E-state index contributed by atoms with van der Waals surface area (Å²) in [4.78, 5) is 0. The quantitative estimate of drug-likeness (QED) is 0.415. The van der Waals surface area contributed by atoms with Crippen LogP contribution >= 0.6 is 11.9 Å². The molecular formula is C4H5N3S. The zero-order chi connectivity index (χ0) is 5.82. The van der Waals surface area contributed by atoms with Crippen LogP contribution in [0.5, 0.6) is 0 Å². The van der Waals surface area contributed by atoms with E-state index in [9.17, 15) is 0 Å². The van der Waals surface area contributed by atoms with Gasteiger partial charge in [-0.05, 0) is 12.2 Å². The standard InChI is InChI=1S/C4H5N3S/c5-7-4-2-1-3-6-8-4/h1-3,5-6H. The number of nitrogens with zero attached hydrogens (tertiary/aromatic N) is 1. The third-order valence-corrected chi connectivity index (χ3v) is 1.37. The number of hydrogen-bond donors (Lipinski definition) is 2. The first-order valence-corrected chi connectivity index (χ1v) is 2.92. The largest absolute Gasteiger partial charge is 0.331 e. The molecule has 0 aliphatic carbocycles. The van der Waals surface area contributed by atoms with Crippen LogP contribution in [0.2, 0.25) is 0 Å². The highest BCUT2D eigenvalue weighted by molar-refractivity contribution is 8.01. The predicted molar refractivity (Wildman–Crippen MR) is 33.1 cm³/mol. The van der Waals surface area contributed by atoms with Crippen molar-refractivity contribution in [2.75, 3.05) is 0 Å². The van der Waals surface area contributed by atoms with Gasteiger partial charge in [0.05, 0.1) is 0 Å². The molecule has 8 heavy (non-hydrogen) atoms. The lowest BCUT2D eigenvalue weighted by Crippen LogP contribution is -1.93. The van der Waals surface area contributed by atoms with E-state index in [-0.39, 0.29) is 0 Å². The van der Waals surface area contributed by atoms with Gasteiger partial charge in [-0.15, -0.1) is 0 Å². The van der Waals surface area contributed by atoms with Gasteiger partial charge < -0.3 is 4.72 Å². The highest BCUT2D eigenvalue weighted by Gasteiger charge is 1.93. The Morgan fingerprint density at radius 1 is 1.75 bits per heavy atom. The lowest BCUT2D eigenvalue weighted by Gasteiger charge is -2.00. The molecular weight excluding hydrogens is 122 g/mol. The van der Waals surface area contributed by atoms with E-state index in [0.717, 1.165) is 0 Å². The molecule has 42 valence electrons. The van der Waals surface area contributed by atoms with Crippen LogP contribution in [-0.2, 0) is 0 Å². The Labute approximate surface area is 51.5 Å². The van der Waals surface area contributed by atoms with Gasteiger partial charge in [-0.25, -0.2) is 5.53 Å². The number of hydrogen-bond acceptors (Lipinski definition) is 4. The van der Waals surface area contributed by atoms with E-state index >= 15 is 0 Å². The van der Waals surface area contributed by atoms with Gasteiger partial charge in [0.25, 0.3) is 0 Å². The summed E-state index contributed by atoms with van der Waals surface area (Å²) in [7, 11) is 0. The second-order valence-electron chi connectivity index (χ2n) is 1.20. The van der Waals surface area contributed by atoms with E-state index in [0.29, 0.717) is 5.03 Å². The Bertz CT molecular complexity index is 149. The van der Waals surface area contributed by atoms with Crippen LogP contribution in [0, 0.1) is 5.53 Å². The van der Waals surface area contributed by atoms with Crippen molar-refractivity contribution in [2.24, 2.45) is 5.11 Å². The molecule has 0 amide bonds. The average molecular weight is 127 g/mol. The molecule has 0 unspecified atom stereocenters. The van der Waals surface area contributed by atoms with Crippen molar-refractivity contribution in [1.82, 2.24) is 4.72 Å². The van der Waals surface area contributed by atoms with Crippen LogP contribution < -0.4 is 4.72 Å².